The Bertz CT molecular complexity index is 2180. The molecule has 8 nitrogen and oxygen atoms in total. The maximum Gasteiger partial charge on any atom is 0.271 e. The molecule has 0 saturated heterocycles. The van der Waals surface area contributed by atoms with E-state index in [4.69, 9.17) is 19.2 Å². The summed E-state index contributed by atoms with van der Waals surface area (Å²) in [6.45, 7) is 1.69. The predicted molar refractivity (Wildman–Crippen MR) is 176 cm³/mol. The van der Waals surface area contributed by atoms with E-state index in [1.807, 2.05) is 30.3 Å². The van der Waals surface area contributed by atoms with Gasteiger partial charge in [0.2, 0.25) is 0 Å². The van der Waals surface area contributed by atoms with Crippen LogP contribution in [0.25, 0.3) is 6.08 Å². The number of nitrogens with one attached hydrogen (secondary N) is 1. The number of allylic oxidation sites excluding steroid dienone is 1. The van der Waals surface area contributed by atoms with Crippen LogP contribution in [0.2, 0.25) is 0 Å². The zero-order valence-electron chi connectivity index (χ0n) is 25.6. The van der Waals surface area contributed by atoms with Gasteiger partial charge in [-0.25, -0.2) is 13.8 Å². The van der Waals surface area contributed by atoms with E-state index in [-0.39, 0.29) is 23.8 Å². The third-order valence-electron chi connectivity index (χ3n) is 7.61. The summed E-state index contributed by atoms with van der Waals surface area (Å²) in [5, 5.41) is 2.94. The molecule has 1 atom stereocenters. The maximum absolute atomic E-state index is 14.2. The molecule has 0 aliphatic carbocycles. The van der Waals surface area contributed by atoms with Crippen LogP contribution < -0.4 is 34.4 Å². The molecule has 1 aliphatic heterocycles. The first kappa shape index (κ1) is 31.4. The second-order valence-corrected chi connectivity index (χ2v) is 11.6. The van der Waals surface area contributed by atoms with Crippen LogP contribution in [0.3, 0.4) is 0 Å². The highest BCUT2D eigenvalue weighted by Crippen LogP contribution is 2.32. The summed E-state index contributed by atoms with van der Waals surface area (Å²) >= 11 is 1.20. The number of aromatic nitrogens is 1. The van der Waals surface area contributed by atoms with Crippen molar-refractivity contribution < 1.29 is 27.8 Å². The van der Waals surface area contributed by atoms with Crippen molar-refractivity contribution in [3.8, 4) is 17.2 Å². The first-order valence-electron chi connectivity index (χ1n) is 14.5. The number of amides is 1. The van der Waals surface area contributed by atoms with Gasteiger partial charge in [-0.05, 0) is 72.7 Å². The van der Waals surface area contributed by atoms with Gasteiger partial charge in [0.1, 0.15) is 23.9 Å². The number of methoxy groups -OCH3 is 2. The van der Waals surface area contributed by atoms with Crippen LogP contribution in [0, 0.1) is 11.6 Å². The molecule has 0 saturated carbocycles. The van der Waals surface area contributed by atoms with Gasteiger partial charge in [0.15, 0.2) is 16.4 Å². The Morgan fingerprint density at radius 1 is 0.957 bits per heavy atom. The lowest BCUT2D eigenvalue weighted by Gasteiger charge is -2.25. The Labute approximate surface area is 272 Å². The van der Waals surface area contributed by atoms with Gasteiger partial charge in [0.25, 0.3) is 11.5 Å². The summed E-state index contributed by atoms with van der Waals surface area (Å²) in [4.78, 5) is 33.0. The first-order valence-corrected chi connectivity index (χ1v) is 15.3. The van der Waals surface area contributed by atoms with E-state index in [1.165, 1.54) is 29.1 Å². The number of carbonyl (C=O) groups is 1. The first-order chi connectivity index (χ1) is 22.7. The van der Waals surface area contributed by atoms with Crippen molar-refractivity contribution in [2.24, 2.45) is 4.99 Å². The predicted octanol–water partition coefficient (Wildman–Crippen LogP) is 5.75. The fourth-order valence-electron chi connectivity index (χ4n) is 5.33. The lowest BCUT2D eigenvalue weighted by Crippen LogP contribution is -2.40. The van der Waals surface area contributed by atoms with Crippen LogP contribution in [-0.2, 0) is 11.4 Å². The SMILES string of the molecule is COc1ccc([C@H]2C(C(=O)Nc3ccccc3)=C(C)N=c3sc(=Cc4ccc(OC)c(COc5ccc(F)cc5F)c4)c(=O)n32)cc1. The number of nitrogens with zero attached hydrogens (tertiary/aromatic N) is 2. The topological polar surface area (TPSA) is 91.2 Å². The Morgan fingerprint density at radius 3 is 2.40 bits per heavy atom. The molecule has 1 amide bonds. The normalized spacial score (nSPS) is 14.3. The number of benzene rings is 4. The summed E-state index contributed by atoms with van der Waals surface area (Å²) in [7, 11) is 3.07. The Balaban J connectivity index is 1.40. The fourth-order valence-corrected chi connectivity index (χ4v) is 6.38. The number of para-hydroxylation sites is 1. The van der Waals surface area contributed by atoms with Crippen molar-refractivity contribution in [3.63, 3.8) is 0 Å². The van der Waals surface area contributed by atoms with E-state index >= 15 is 0 Å². The van der Waals surface area contributed by atoms with Crippen LogP contribution in [0.5, 0.6) is 17.2 Å². The molecule has 2 heterocycles. The number of rotatable bonds is 9. The standard InChI is InChI=1S/C36H29F2N3O5S/c1-21-32(34(42)40-26-7-5-4-6-8-26)33(23-10-13-27(44-2)14-11-23)41-35(43)31(47-36(41)39-21)18-22-9-15-29(45-3)24(17-22)20-46-30-16-12-25(37)19-28(30)38/h4-19,33H,20H2,1-3H3,(H,40,42)/t33-/m0/s1. The smallest absolute Gasteiger partial charge is 0.271 e. The highest BCUT2D eigenvalue weighted by Gasteiger charge is 2.32. The summed E-state index contributed by atoms with van der Waals surface area (Å²) < 4.78 is 45.9. The minimum absolute atomic E-state index is 0.0643. The van der Waals surface area contributed by atoms with E-state index < -0.39 is 17.7 Å². The van der Waals surface area contributed by atoms with Crippen LogP contribution >= 0.6 is 11.3 Å². The minimum atomic E-state index is -0.820. The summed E-state index contributed by atoms with van der Waals surface area (Å²) in [6.07, 6.45) is 1.72. The average Bonchev–Trinajstić information content (AvgIpc) is 3.37. The molecule has 47 heavy (non-hydrogen) atoms. The summed E-state index contributed by atoms with van der Waals surface area (Å²) in [5.41, 5.74) is 3.08. The van der Waals surface area contributed by atoms with Crippen LogP contribution in [0.4, 0.5) is 14.5 Å². The van der Waals surface area contributed by atoms with Crippen molar-refractivity contribution in [2.45, 2.75) is 19.6 Å². The molecule has 5 aromatic rings. The minimum Gasteiger partial charge on any atom is -0.497 e. The van der Waals surface area contributed by atoms with Gasteiger partial charge in [-0.15, -0.1) is 0 Å². The molecule has 0 unspecified atom stereocenters. The van der Waals surface area contributed by atoms with E-state index in [9.17, 15) is 18.4 Å². The molecule has 238 valence electrons. The van der Waals surface area contributed by atoms with E-state index in [0.717, 1.165) is 12.1 Å². The van der Waals surface area contributed by atoms with E-state index in [2.05, 4.69) is 5.32 Å². The second-order valence-electron chi connectivity index (χ2n) is 10.6. The largest absolute Gasteiger partial charge is 0.497 e. The lowest BCUT2D eigenvalue weighted by molar-refractivity contribution is -0.113. The highest BCUT2D eigenvalue weighted by molar-refractivity contribution is 7.07. The van der Waals surface area contributed by atoms with Crippen LogP contribution in [0.15, 0.2) is 112 Å². The van der Waals surface area contributed by atoms with Crippen LogP contribution in [0.1, 0.15) is 29.7 Å². The molecule has 0 fully saturated rings. The molecular weight excluding hydrogens is 624 g/mol. The Kier molecular flexibility index (Phi) is 8.99. The average molecular weight is 654 g/mol. The number of thiazole rings is 1. The van der Waals surface area contributed by atoms with Crippen molar-refractivity contribution in [2.75, 3.05) is 19.5 Å². The number of halogens is 2. The van der Waals surface area contributed by atoms with Crippen molar-refractivity contribution >= 4 is 29.0 Å². The summed E-state index contributed by atoms with van der Waals surface area (Å²) in [5.74, 6) is -0.865. The molecule has 0 radical (unpaired) electrons. The van der Waals surface area contributed by atoms with Crippen LogP contribution in [-0.4, -0.2) is 24.7 Å². The van der Waals surface area contributed by atoms with E-state index in [1.54, 1.807) is 62.6 Å². The molecule has 1 aromatic heterocycles. The maximum atomic E-state index is 14.2. The Morgan fingerprint density at radius 2 is 1.70 bits per heavy atom. The van der Waals surface area contributed by atoms with Gasteiger partial charge < -0.3 is 19.5 Å². The second kappa shape index (κ2) is 13.4. The molecule has 4 aromatic carbocycles. The molecule has 1 aliphatic rings. The van der Waals surface area contributed by atoms with E-state index in [0.29, 0.717) is 54.5 Å². The zero-order chi connectivity index (χ0) is 33.1. The van der Waals surface area contributed by atoms with Gasteiger partial charge in [-0.3, -0.25) is 14.2 Å². The van der Waals surface area contributed by atoms with Crippen molar-refractivity contribution in [3.05, 3.63) is 150 Å². The number of hydrogen-bond acceptors (Lipinski definition) is 7. The van der Waals surface area contributed by atoms with Gasteiger partial charge in [-0.1, -0.05) is 47.7 Å². The van der Waals surface area contributed by atoms with Gasteiger partial charge in [0.05, 0.1) is 36.1 Å². The number of ether oxygens (including phenoxy) is 3. The quantitative estimate of drug-likeness (QED) is 0.219. The van der Waals surface area contributed by atoms with Crippen molar-refractivity contribution in [1.82, 2.24) is 4.57 Å². The number of fused-ring (bicyclic) bond motifs is 1. The summed E-state index contributed by atoms with van der Waals surface area (Å²) in [6, 6.07) is 23.9. The van der Waals surface area contributed by atoms with Gasteiger partial charge in [0, 0.05) is 17.3 Å². The molecule has 0 bridgehead atoms. The number of carbonyl (C=O) groups excluding carboxylic acids is 1. The van der Waals surface area contributed by atoms with Gasteiger partial charge in [-0.2, -0.15) is 0 Å². The molecule has 1 N–H and O–H groups in total. The number of hydrogen-bond donors (Lipinski definition) is 1. The monoisotopic (exact) mass is 653 g/mol. The molecule has 0 spiro atoms. The molecule has 6 rings (SSSR count). The Hall–Kier alpha value is -5.55. The van der Waals surface area contributed by atoms with Gasteiger partial charge >= 0.3 is 0 Å². The lowest BCUT2D eigenvalue weighted by atomic mass is 9.95. The molecule has 11 heteroatoms. The zero-order valence-corrected chi connectivity index (χ0v) is 26.4. The molecular formula is C36H29F2N3O5S. The third kappa shape index (κ3) is 6.56. The fraction of sp³-hybridized carbons (Fsp3) is 0.139. The highest BCUT2D eigenvalue weighted by atomic mass is 32.1. The van der Waals surface area contributed by atoms with Crippen molar-refractivity contribution in [1.29, 1.82) is 0 Å². The third-order valence-corrected chi connectivity index (χ3v) is 8.59. The number of anilines is 1.